The van der Waals surface area contributed by atoms with Gasteiger partial charge in [-0.1, -0.05) is 23.7 Å². The van der Waals surface area contributed by atoms with Crippen LogP contribution in [0.1, 0.15) is 24.5 Å². The Kier molecular flexibility index (Phi) is 7.49. The fraction of sp³-hybridized carbons (Fsp3) is 0.222. The molecule has 0 aliphatic rings. The molecule has 8 heteroatoms. The zero-order valence-electron chi connectivity index (χ0n) is 13.8. The highest BCUT2D eigenvalue weighted by Crippen LogP contribution is 2.36. The normalized spacial score (nSPS) is 10.5. The zero-order valence-corrected chi connectivity index (χ0v) is 17.7. The number of benzene rings is 2. The summed E-state index contributed by atoms with van der Waals surface area (Å²) in [6.07, 6.45) is 0.488. The molecule has 5 nitrogen and oxygen atoms in total. The molecule has 0 spiro atoms. The zero-order chi connectivity index (χ0) is 19.3. The van der Waals surface area contributed by atoms with Gasteiger partial charge in [0.2, 0.25) is 5.91 Å². The number of rotatable bonds is 7. The van der Waals surface area contributed by atoms with E-state index in [0.717, 1.165) is 11.1 Å². The number of halogens is 3. The molecule has 2 aromatic carbocycles. The van der Waals surface area contributed by atoms with Crippen LogP contribution in [0.15, 0.2) is 39.3 Å². The van der Waals surface area contributed by atoms with Crippen LogP contribution in [0.4, 0.5) is 5.69 Å². The van der Waals surface area contributed by atoms with Gasteiger partial charge in [-0.15, -0.1) is 0 Å². The number of hydrogen-bond acceptors (Lipinski definition) is 3. The second-order valence-electron chi connectivity index (χ2n) is 5.53. The van der Waals surface area contributed by atoms with Crippen molar-refractivity contribution in [2.24, 2.45) is 0 Å². The van der Waals surface area contributed by atoms with Gasteiger partial charge in [0.15, 0.2) is 0 Å². The average Bonchev–Trinajstić information content (AvgIpc) is 2.55. The summed E-state index contributed by atoms with van der Waals surface area (Å²) in [6, 6.07) is 8.98. The van der Waals surface area contributed by atoms with Crippen LogP contribution in [-0.4, -0.2) is 17.0 Å². The van der Waals surface area contributed by atoms with Crippen LogP contribution < -0.4 is 10.1 Å². The largest absolute Gasteiger partial charge is 0.486 e. The van der Waals surface area contributed by atoms with Gasteiger partial charge in [-0.25, -0.2) is 0 Å². The highest BCUT2D eigenvalue weighted by atomic mass is 79.9. The Labute approximate surface area is 172 Å². The molecule has 2 aromatic rings. The molecule has 0 bridgehead atoms. The first-order valence-corrected chi connectivity index (χ1v) is 9.61. The molecule has 0 saturated heterocycles. The monoisotopic (exact) mass is 503 g/mol. The van der Waals surface area contributed by atoms with Gasteiger partial charge >= 0.3 is 5.97 Å². The number of carboxylic acids is 1. The first-order chi connectivity index (χ1) is 12.3. The summed E-state index contributed by atoms with van der Waals surface area (Å²) in [6.45, 7) is 1.62. The van der Waals surface area contributed by atoms with Gasteiger partial charge in [0.1, 0.15) is 12.4 Å². The van der Waals surface area contributed by atoms with Crippen molar-refractivity contribution in [1.82, 2.24) is 0 Å². The molecule has 0 aliphatic heterocycles. The third-order valence-corrected chi connectivity index (χ3v) is 5.07. The second kappa shape index (κ2) is 9.39. The fourth-order valence-electron chi connectivity index (χ4n) is 2.27. The van der Waals surface area contributed by atoms with E-state index >= 15 is 0 Å². The van der Waals surface area contributed by atoms with Gasteiger partial charge in [-0.2, -0.15) is 0 Å². The summed E-state index contributed by atoms with van der Waals surface area (Å²) in [5, 5.41) is 11.9. The number of aliphatic carboxylic acids is 1. The van der Waals surface area contributed by atoms with Gasteiger partial charge in [0.25, 0.3) is 0 Å². The number of carbonyl (C=O) groups excluding carboxylic acids is 1. The third kappa shape index (κ3) is 5.72. The third-order valence-electron chi connectivity index (χ3n) is 3.45. The standard InChI is InChI=1S/C18H16Br2ClNO4/c1-10(23)22-15-4-2-3-12(17(15)21)9-26-18-13(19)7-11(8-14(18)20)5-6-16(24)25/h2-4,7-8H,5-6,9H2,1H3,(H,22,23)(H,24,25). The fourth-order valence-corrected chi connectivity index (χ4v) is 4.01. The molecule has 0 unspecified atom stereocenters. The minimum atomic E-state index is -0.841. The van der Waals surface area contributed by atoms with Gasteiger partial charge in [-0.3, -0.25) is 9.59 Å². The molecular weight excluding hydrogens is 489 g/mol. The molecule has 26 heavy (non-hydrogen) atoms. The van der Waals surface area contributed by atoms with Crippen molar-refractivity contribution in [3.05, 3.63) is 55.4 Å². The lowest BCUT2D eigenvalue weighted by molar-refractivity contribution is -0.137. The summed E-state index contributed by atoms with van der Waals surface area (Å²) in [7, 11) is 0. The van der Waals surface area contributed by atoms with Gasteiger partial charge in [0, 0.05) is 18.9 Å². The number of ether oxygens (including phenoxy) is 1. The molecule has 1 amide bonds. The van der Waals surface area contributed by atoms with E-state index < -0.39 is 5.97 Å². The molecule has 138 valence electrons. The molecule has 0 fully saturated rings. The quantitative estimate of drug-likeness (QED) is 0.527. The lowest BCUT2D eigenvalue weighted by atomic mass is 10.1. The van der Waals surface area contributed by atoms with Crippen molar-refractivity contribution >= 4 is 61.0 Å². The van der Waals surface area contributed by atoms with E-state index in [-0.39, 0.29) is 18.9 Å². The molecule has 2 N–H and O–H groups in total. The van der Waals surface area contributed by atoms with Gasteiger partial charge in [0.05, 0.1) is 19.7 Å². The van der Waals surface area contributed by atoms with Gasteiger partial charge in [-0.05, 0) is 62.0 Å². The number of hydrogen-bond donors (Lipinski definition) is 2. The highest BCUT2D eigenvalue weighted by Gasteiger charge is 2.13. The highest BCUT2D eigenvalue weighted by molar-refractivity contribution is 9.11. The lowest BCUT2D eigenvalue weighted by Gasteiger charge is -2.14. The molecular formula is C18H16Br2ClNO4. The van der Waals surface area contributed by atoms with E-state index in [0.29, 0.717) is 31.8 Å². The smallest absolute Gasteiger partial charge is 0.303 e. The number of nitrogens with one attached hydrogen (secondary N) is 1. The summed E-state index contributed by atoms with van der Waals surface area (Å²) in [5.41, 5.74) is 2.14. The Morgan fingerprint density at radius 3 is 2.46 bits per heavy atom. The molecule has 0 radical (unpaired) electrons. The topological polar surface area (TPSA) is 75.6 Å². The van der Waals surface area contributed by atoms with E-state index in [9.17, 15) is 9.59 Å². The average molecular weight is 506 g/mol. The number of carboxylic acid groups (broad SMARTS) is 1. The van der Waals surface area contributed by atoms with E-state index in [1.165, 1.54) is 6.92 Å². The first kappa shape index (κ1) is 20.7. The van der Waals surface area contributed by atoms with Crippen molar-refractivity contribution < 1.29 is 19.4 Å². The summed E-state index contributed by atoms with van der Waals surface area (Å²) in [4.78, 5) is 21.9. The number of aryl methyl sites for hydroxylation is 1. The summed E-state index contributed by atoms with van der Waals surface area (Å²) >= 11 is 13.2. The van der Waals surface area contributed by atoms with Crippen LogP contribution in [0.3, 0.4) is 0 Å². The lowest BCUT2D eigenvalue weighted by Crippen LogP contribution is -2.07. The van der Waals surface area contributed by atoms with Crippen LogP contribution in [0, 0.1) is 0 Å². The van der Waals surface area contributed by atoms with Crippen molar-refractivity contribution in [2.75, 3.05) is 5.32 Å². The number of carbonyl (C=O) groups is 2. The van der Waals surface area contributed by atoms with Crippen LogP contribution >= 0.6 is 43.5 Å². The van der Waals surface area contributed by atoms with E-state index in [1.54, 1.807) is 12.1 Å². The van der Waals surface area contributed by atoms with Crippen molar-refractivity contribution in [2.45, 2.75) is 26.4 Å². The molecule has 0 heterocycles. The maximum absolute atomic E-state index is 11.2. The van der Waals surface area contributed by atoms with Crippen molar-refractivity contribution in [3.8, 4) is 5.75 Å². The number of anilines is 1. The predicted octanol–water partition coefficient (Wildman–Crippen LogP) is 5.42. The van der Waals surface area contributed by atoms with E-state index in [4.69, 9.17) is 21.4 Å². The second-order valence-corrected chi connectivity index (χ2v) is 7.62. The number of amides is 1. The van der Waals surface area contributed by atoms with Crippen LogP contribution in [-0.2, 0) is 22.6 Å². The molecule has 0 atom stereocenters. The maximum Gasteiger partial charge on any atom is 0.303 e. The van der Waals surface area contributed by atoms with Gasteiger partial charge < -0.3 is 15.2 Å². The van der Waals surface area contributed by atoms with E-state index in [1.807, 2.05) is 18.2 Å². The Bertz CT molecular complexity index is 819. The Morgan fingerprint density at radius 1 is 1.23 bits per heavy atom. The van der Waals surface area contributed by atoms with Crippen LogP contribution in [0.5, 0.6) is 5.75 Å². The predicted molar refractivity (Wildman–Crippen MR) is 108 cm³/mol. The maximum atomic E-state index is 11.2. The Balaban J connectivity index is 2.15. The molecule has 2 rings (SSSR count). The van der Waals surface area contributed by atoms with Crippen molar-refractivity contribution in [1.29, 1.82) is 0 Å². The minimum absolute atomic E-state index is 0.0602. The SMILES string of the molecule is CC(=O)Nc1cccc(COc2c(Br)cc(CCC(=O)O)cc2Br)c1Cl. The Morgan fingerprint density at radius 2 is 1.88 bits per heavy atom. The van der Waals surface area contributed by atoms with Crippen LogP contribution in [0.25, 0.3) is 0 Å². The minimum Gasteiger partial charge on any atom is -0.486 e. The summed E-state index contributed by atoms with van der Waals surface area (Å²) in [5.74, 6) is -0.455. The van der Waals surface area contributed by atoms with Crippen LogP contribution in [0.2, 0.25) is 5.02 Å². The Hall–Kier alpha value is -1.57. The molecule has 0 aromatic heterocycles. The van der Waals surface area contributed by atoms with E-state index in [2.05, 4.69) is 37.2 Å². The molecule has 0 saturated carbocycles. The summed E-state index contributed by atoms with van der Waals surface area (Å²) < 4.78 is 7.29. The first-order valence-electron chi connectivity index (χ1n) is 7.65. The van der Waals surface area contributed by atoms with Crippen molar-refractivity contribution in [3.63, 3.8) is 0 Å². The molecule has 0 aliphatic carbocycles.